The quantitative estimate of drug-likeness (QED) is 0.356. The topological polar surface area (TPSA) is 115 Å². The lowest BCUT2D eigenvalue weighted by Crippen LogP contribution is -2.51. The molecule has 2 aromatic carbocycles. The molecule has 0 bridgehead atoms. The van der Waals surface area contributed by atoms with Crippen molar-refractivity contribution < 1.29 is 33.3 Å². The summed E-state index contributed by atoms with van der Waals surface area (Å²) in [7, 11) is 5.93. The summed E-state index contributed by atoms with van der Waals surface area (Å²) in [6.07, 6.45) is 0. The number of carbonyl (C=O) groups is 3. The number of amides is 3. The molecule has 3 aromatic rings. The minimum absolute atomic E-state index is 0.314. The summed E-state index contributed by atoms with van der Waals surface area (Å²) in [6, 6.07) is 12.3. The Labute approximate surface area is 238 Å². The van der Waals surface area contributed by atoms with Gasteiger partial charge in [0.2, 0.25) is 17.6 Å². The number of carbonyl (C=O) groups excluding carboxylic acids is 3. The number of nitrogens with one attached hydrogen (secondary N) is 2. The third-order valence-electron chi connectivity index (χ3n) is 5.75. The minimum Gasteiger partial charge on any atom is -0.497 e. The number of thiophene rings is 1. The first-order valence-electron chi connectivity index (χ1n) is 12.4. The van der Waals surface area contributed by atoms with Gasteiger partial charge in [0.05, 0.1) is 39.9 Å². The fourth-order valence-electron chi connectivity index (χ4n) is 4.05. The number of nitrogens with zero attached hydrogens (tertiary/aromatic N) is 1. The van der Waals surface area contributed by atoms with E-state index >= 15 is 0 Å². The van der Waals surface area contributed by atoms with E-state index in [1.807, 2.05) is 20.8 Å². The van der Waals surface area contributed by atoms with Crippen molar-refractivity contribution in [3.8, 4) is 23.0 Å². The SMILES string of the molecule is COc1cccc(N(C(=O)CNC(=O)c2cccs2)[C@H](C(=O)NC(C)(C)C)c2cc(OC)c(OC)c(OC)c2)c1. The Balaban J connectivity index is 2.18. The Morgan fingerprint density at radius 2 is 1.57 bits per heavy atom. The highest BCUT2D eigenvalue weighted by Crippen LogP contribution is 2.42. The summed E-state index contributed by atoms with van der Waals surface area (Å²) in [5, 5.41) is 7.42. The molecule has 0 spiro atoms. The van der Waals surface area contributed by atoms with Crippen molar-refractivity contribution in [2.24, 2.45) is 0 Å². The van der Waals surface area contributed by atoms with Crippen LogP contribution >= 0.6 is 11.3 Å². The maximum atomic E-state index is 14.0. The van der Waals surface area contributed by atoms with Crippen LogP contribution in [0.4, 0.5) is 5.69 Å². The second-order valence-corrected chi connectivity index (χ2v) is 10.7. The Hall–Kier alpha value is -4.25. The molecule has 3 amide bonds. The van der Waals surface area contributed by atoms with Crippen LogP contribution in [0.5, 0.6) is 23.0 Å². The highest BCUT2D eigenvalue weighted by atomic mass is 32.1. The standard InChI is InChI=1S/C29H35N3O7S/c1-29(2,3)31-28(35)25(18-14-21(37-5)26(39-7)22(15-18)38-6)32(19-10-8-11-20(16-19)36-4)24(33)17-30-27(34)23-12-9-13-40-23/h8-16,25H,17H2,1-7H3,(H,30,34)(H,31,35)/t25-/m0/s1. The molecule has 0 aliphatic rings. The molecule has 1 heterocycles. The van der Waals surface area contributed by atoms with E-state index in [2.05, 4.69) is 10.6 Å². The average molecular weight is 570 g/mol. The first kappa shape index (κ1) is 30.3. The fraction of sp³-hybridized carbons (Fsp3) is 0.345. The predicted molar refractivity (Wildman–Crippen MR) is 154 cm³/mol. The summed E-state index contributed by atoms with van der Waals surface area (Å²) in [5.41, 5.74) is 0.168. The lowest BCUT2D eigenvalue weighted by molar-refractivity contribution is -0.127. The molecule has 11 heteroatoms. The van der Waals surface area contributed by atoms with Crippen LogP contribution in [0.25, 0.3) is 0 Å². The van der Waals surface area contributed by atoms with E-state index in [1.165, 1.54) is 44.7 Å². The highest BCUT2D eigenvalue weighted by molar-refractivity contribution is 7.12. The van der Waals surface area contributed by atoms with Crippen LogP contribution in [0.2, 0.25) is 0 Å². The van der Waals surface area contributed by atoms with Crippen molar-refractivity contribution in [2.75, 3.05) is 39.9 Å². The molecule has 0 fully saturated rings. The second kappa shape index (κ2) is 13.2. The Bertz CT molecular complexity index is 1310. The third-order valence-corrected chi connectivity index (χ3v) is 6.62. The lowest BCUT2D eigenvalue weighted by Gasteiger charge is -2.34. The minimum atomic E-state index is -1.19. The second-order valence-electron chi connectivity index (χ2n) is 9.73. The third kappa shape index (κ3) is 7.23. The first-order chi connectivity index (χ1) is 19.0. The van der Waals surface area contributed by atoms with E-state index in [0.717, 1.165) is 0 Å². The molecular formula is C29H35N3O7S. The van der Waals surface area contributed by atoms with Crippen molar-refractivity contribution in [1.29, 1.82) is 0 Å². The number of ether oxygens (including phenoxy) is 4. The number of benzene rings is 2. The summed E-state index contributed by atoms with van der Waals surface area (Å²) >= 11 is 1.26. The van der Waals surface area contributed by atoms with Crippen LogP contribution in [0.3, 0.4) is 0 Å². The smallest absolute Gasteiger partial charge is 0.261 e. The van der Waals surface area contributed by atoms with Gasteiger partial charge in [-0.2, -0.15) is 0 Å². The van der Waals surface area contributed by atoms with E-state index < -0.39 is 29.3 Å². The zero-order valence-corrected chi connectivity index (χ0v) is 24.5. The summed E-state index contributed by atoms with van der Waals surface area (Å²) in [5.74, 6) is 0.0776. The van der Waals surface area contributed by atoms with Crippen molar-refractivity contribution in [1.82, 2.24) is 10.6 Å². The maximum Gasteiger partial charge on any atom is 0.261 e. The highest BCUT2D eigenvalue weighted by Gasteiger charge is 2.36. The molecule has 3 rings (SSSR count). The zero-order valence-electron chi connectivity index (χ0n) is 23.7. The average Bonchev–Trinajstić information content (AvgIpc) is 3.47. The van der Waals surface area contributed by atoms with Gasteiger partial charge in [0.25, 0.3) is 5.91 Å². The number of anilines is 1. The molecule has 0 saturated heterocycles. The van der Waals surface area contributed by atoms with Gasteiger partial charge in [-0.15, -0.1) is 11.3 Å². The molecule has 0 unspecified atom stereocenters. The lowest BCUT2D eigenvalue weighted by atomic mass is 9.99. The van der Waals surface area contributed by atoms with Gasteiger partial charge in [-0.3, -0.25) is 19.3 Å². The van der Waals surface area contributed by atoms with Gasteiger partial charge in [0.15, 0.2) is 11.5 Å². The van der Waals surface area contributed by atoms with Gasteiger partial charge in [-0.25, -0.2) is 0 Å². The molecule has 40 heavy (non-hydrogen) atoms. The van der Waals surface area contributed by atoms with Crippen molar-refractivity contribution in [3.05, 3.63) is 64.4 Å². The number of hydrogen-bond acceptors (Lipinski definition) is 8. The number of rotatable bonds is 11. The van der Waals surface area contributed by atoms with Crippen molar-refractivity contribution >= 4 is 34.7 Å². The van der Waals surface area contributed by atoms with Crippen LogP contribution in [0.1, 0.15) is 42.0 Å². The van der Waals surface area contributed by atoms with Crippen LogP contribution in [0, 0.1) is 0 Å². The Morgan fingerprint density at radius 3 is 2.10 bits per heavy atom. The van der Waals surface area contributed by atoms with Crippen molar-refractivity contribution in [3.63, 3.8) is 0 Å². The van der Waals surface area contributed by atoms with Gasteiger partial charge in [-0.05, 0) is 62.0 Å². The molecule has 2 N–H and O–H groups in total. The molecule has 214 valence electrons. The maximum absolute atomic E-state index is 14.0. The van der Waals surface area contributed by atoms with E-state index in [1.54, 1.807) is 53.9 Å². The predicted octanol–water partition coefficient (Wildman–Crippen LogP) is 4.20. The molecule has 0 saturated carbocycles. The van der Waals surface area contributed by atoms with Crippen LogP contribution in [0.15, 0.2) is 53.9 Å². The molecule has 0 aliphatic heterocycles. The van der Waals surface area contributed by atoms with E-state index in [4.69, 9.17) is 18.9 Å². The molecule has 10 nitrogen and oxygen atoms in total. The molecule has 1 atom stereocenters. The van der Waals surface area contributed by atoms with E-state index in [9.17, 15) is 14.4 Å². The van der Waals surface area contributed by atoms with Gasteiger partial charge in [-0.1, -0.05) is 12.1 Å². The van der Waals surface area contributed by atoms with Crippen LogP contribution in [-0.4, -0.2) is 58.2 Å². The normalized spacial score (nSPS) is 11.7. The summed E-state index contributed by atoms with van der Waals surface area (Å²) in [6.45, 7) is 5.17. The number of hydrogen-bond donors (Lipinski definition) is 2. The van der Waals surface area contributed by atoms with Crippen LogP contribution < -0.4 is 34.5 Å². The fourth-order valence-corrected chi connectivity index (χ4v) is 4.69. The first-order valence-corrected chi connectivity index (χ1v) is 13.3. The van der Waals surface area contributed by atoms with Gasteiger partial charge in [0.1, 0.15) is 11.8 Å². The van der Waals surface area contributed by atoms with E-state index in [-0.39, 0.29) is 6.54 Å². The van der Waals surface area contributed by atoms with Gasteiger partial charge >= 0.3 is 0 Å². The molecule has 1 aromatic heterocycles. The van der Waals surface area contributed by atoms with Gasteiger partial charge < -0.3 is 29.6 Å². The summed E-state index contributed by atoms with van der Waals surface area (Å²) in [4.78, 5) is 42.4. The molecular weight excluding hydrogens is 534 g/mol. The summed E-state index contributed by atoms with van der Waals surface area (Å²) < 4.78 is 21.9. The van der Waals surface area contributed by atoms with Gasteiger partial charge in [0, 0.05) is 17.3 Å². The number of methoxy groups -OCH3 is 4. The molecule has 0 aliphatic carbocycles. The zero-order chi connectivity index (χ0) is 29.4. The Kier molecular flexibility index (Phi) is 10.0. The monoisotopic (exact) mass is 569 g/mol. The van der Waals surface area contributed by atoms with E-state index in [0.29, 0.717) is 39.1 Å². The largest absolute Gasteiger partial charge is 0.497 e. The Morgan fingerprint density at radius 1 is 0.900 bits per heavy atom. The molecule has 0 radical (unpaired) electrons. The van der Waals surface area contributed by atoms with Crippen molar-refractivity contribution in [2.45, 2.75) is 32.4 Å². The van der Waals surface area contributed by atoms with Crippen LogP contribution in [-0.2, 0) is 9.59 Å².